The molecule has 1 saturated heterocycles. The number of piperazine rings is 1. The predicted octanol–water partition coefficient (Wildman–Crippen LogP) is 3.47. The van der Waals surface area contributed by atoms with Gasteiger partial charge in [0.2, 0.25) is 15.9 Å². The molecule has 0 saturated carbocycles. The van der Waals surface area contributed by atoms with E-state index in [1.54, 1.807) is 6.07 Å². The quantitative estimate of drug-likeness (QED) is 0.717. The fourth-order valence-electron chi connectivity index (χ4n) is 3.07. The summed E-state index contributed by atoms with van der Waals surface area (Å²) in [5.74, 6) is -0.552. The highest BCUT2D eigenvalue weighted by molar-refractivity contribution is 7.89. The van der Waals surface area contributed by atoms with Gasteiger partial charge >= 0.3 is 0 Å². The van der Waals surface area contributed by atoms with E-state index in [2.05, 4.69) is 5.32 Å². The number of carbonyl (C=O) groups is 1. The molecule has 0 unspecified atom stereocenters. The van der Waals surface area contributed by atoms with Gasteiger partial charge in [-0.05, 0) is 36.4 Å². The van der Waals surface area contributed by atoms with Crippen molar-refractivity contribution in [3.63, 3.8) is 0 Å². The molecule has 0 spiro atoms. The Morgan fingerprint density at radius 2 is 1.59 bits per heavy atom. The summed E-state index contributed by atoms with van der Waals surface area (Å²) >= 11 is 12.1. The van der Waals surface area contributed by atoms with Gasteiger partial charge in [-0.15, -0.1) is 0 Å². The van der Waals surface area contributed by atoms with Crippen LogP contribution in [0.25, 0.3) is 0 Å². The molecule has 0 atom stereocenters. The van der Waals surface area contributed by atoms with Crippen LogP contribution in [0.3, 0.4) is 0 Å². The number of nitrogens with one attached hydrogen (secondary N) is 1. The number of hydrogen-bond acceptors (Lipinski definition) is 4. The van der Waals surface area contributed by atoms with Crippen LogP contribution in [-0.2, 0) is 14.8 Å². The maximum absolute atomic E-state index is 12.9. The Balaban J connectivity index is 1.51. The molecule has 1 N–H and O–H groups in total. The number of benzene rings is 2. The van der Waals surface area contributed by atoms with Gasteiger partial charge in [0.15, 0.2) is 0 Å². The molecule has 3 rings (SSSR count). The van der Waals surface area contributed by atoms with E-state index in [0.29, 0.717) is 25.3 Å². The summed E-state index contributed by atoms with van der Waals surface area (Å²) in [6.07, 6.45) is 0.250. The summed E-state index contributed by atoms with van der Waals surface area (Å²) in [5.41, 5.74) is 0.531. The van der Waals surface area contributed by atoms with Crippen molar-refractivity contribution in [3.8, 4) is 0 Å². The van der Waals surface area contributed by atoms with Crippen LogP contribution in [-0.4, -0.2) is 56.3 Å². The molecule has 1 aliphatic rings. The number of rotatable bonds is 6. The average Bonchev–Trinajstić information content (AvgIpc) is 2.68. The lowest BCUT2D eigenvalue weighted by Gasteiger charge is -2.34. The van der Waals surface area contributed by atoms with E-state index >= 15 is 0 Å². The van der Waals surface area contributed by atoms with Crippen molar-refractivity contribution in [3.05, 3.63) is 58.3 Å². The van der Waals surface area contributed by atoms with Crippen molar-refractivity contribution in [2.45, 2.75) is 11.3 Å². The van der Waals surface area contributed by atoms with Crippen molar-refractivity contribution >= 4 is 44.8 Å². The van der Waals surface area contributed by atoms with Crippen LogP contribution in [0.2, 0.25) is 10.0 Å². The minimum atomic E-state index is -3.79. The van der Waals surface area contributed by atoms with Crippen LogP contribution in [0.5, 0.6) is 0 Å². The molecule has 1 fully saturated rings. The summed E-state index contributed by atoms with van der Waals surface area (Å²) in [4.78, 5) is 14.0. The molecule has 10 heteroatoms. The van der Waals surface area contributed by atoms with Crippen molar-refractivity contribution in [1.29, 1.82) is 0 Å². The van der Waals surface area contributed by atoms with Gasteiger partial charge in [0.05, 0.1) is 10.0 Å². The van der Waals surface area contributed by atoms with Gasteiger partial charge in [0.1, 0.15) is 10.7 Å². The number of nitrogens with zero attached hydrogens (tertiary/aromatic N) is 2. The number of anilines is 1. The summed E-state index contributed by atoms with van der Waals surface area (Å²) in [6.45, 7) is 2.04. The average molecular weight is 460 g/mol. The Labute approximate surface area is 179 Å². The van der Waals surface area contributed by atoms with Crippen molar-refractivity contribution in [1.82, 2.24) is 9.21 Å². The highest BCUT2D eigenvalue weighted by Gasteiger charge is 2.31. The smallest absolute Gasteiger partial charge is 0.246 e. The maximum atomic E-state index is 12.9. The second kappa shape index (κ2) is 9.40. The van der Waals surface area contributed by atoms with Crippen LogP contribution in [0.4, 0.5) is 10.1 Å². The van der Waals surface area contributed by atoms with Gasteiger partial charge in [0, 0.05) is 44.8 Å². The lowest BCUT2D eigenvalue weighted by Crippen LogP contribution is -2.49. The largest absolute Gasteiger partial charge is 0.326 e. The maximum Gasteiger partial charge on any atom is 0.246 e. The normalized spacial score (nSPS) is 16.0. The van der Waals surface area contributed by atoms with E-state index in [1.807, 2.05) is 4.90 Å². The Morgan fingerprint density at radius 1 is 1.00 bits per heavy atom. The van der Waals surface area contributed by atoms with E-state index in [0.717, 1.165) is 0 Å². The van der Waals surface area contributed by atoms with E-state index in [-0.39, 0.29) is 46.2 Å². The lowest BCUT2D eigenvalue weighted by molar-refractivity contribution is -0.116. The fraction of sp³-hybridized carbons (Fsp3) is 0.316. The van der Waals surface area contributed by atoms with Crippen LogP contribution >= 0.6 is 23.2 Å². The zero-order chi connectivity index (χ0) is 21.0. The topological polar surface area (TPSA) is 69.7 Å². The Morgan fingerprint density at radius 3 is 2.17 bits per heavy atom. The third-order valence-electron chi connectivity index (χ3n) is 4.63. The first kappa shape index (κ1) is 22.0. The third-order valence-corrected chi connectivity index (χ3v) is 7.49. The van der Waals surface area contributed by atoms with Crippen LogP contribution in [0.15, 0.2) is 47.4 Å². The molecule has 29 heavy (non-hydrogen) atoms. The number of hydrogen-bond donors (Lipinski definition) is 1. The van der Waals surface area contributed by atoms with Crippen LogP contribution in [0, 0.1) is 5.82 Å². The van der Waals surface area contributed by atoms with Gasteiger partial charge in [-0.25, -0.2) is 12.8 Å². The molecule has 156 valence electrons. The number of amides is 1. The standard InChI is InChI=1S/C19H20Cl2FN3O3S/c20-16-2-1-3-17(21)19(16)29(27,28)25-12-10-24(11-13-25)9-8-18(26)23-15-6-4-14(22)5-7-15/h1-7H,8-13H2,(H,23,26). The van der Waals surface area contributed by atoms with Crippen molar-refractivity contribution in [2.75, 3.05) is 38.0 Å². The number of sulfonamides is 1. The Kier molecular flexibility index (Phi) is 7.13. The molecule has 2 aromatic rings. The fourth-order valence-corrected chi connectivity index (χ4v) is 5.58. The van der Waals surface area contributed by atoms with E-state index in [9.17, 15) is 17.6 Å². The first-order valence-electron chi connectivity index (χ1n) is 8.99. The minimum absolute atomic E-state index is 0.0736. The summed E-state index contributed by atoms with van der Waals surface area (Å²) in [7, 11) is -3.79. The summed E-state index contributed by atoms with van der Waals surface area (Å²) in [6, 6.07) is 10.1. The van der Waals surface area contributed by atoms with Crippen molar-refractivity contribution < 1.29 is 17.6 Å². The monoisotopic (exact) mass is 459 g/mol. The first-order chi connectivity index (χ1) is 13.8. The van der Waals surface area contributed by atoms with E-state index in [4.69, 9.17) is 23.2 Å². The molecule has 0 aliphatic carbocycles. The molecule has 0 radical (unpaired) electrons. The van der Waals surface area contributed by atoms with Gasteiger partial charge < -0.3 is 10.2 Å². The van der Waals surface area contributed by atoms with E-state index < -0.39 is 10.0 Å². The lowest BCUT2D eigenvalue weighted by atomic mass is 10.2. The molecule has 1 aliphatic heterocycles. The number of carbonyl (C=O) groups excluding carboxylic acids is 1. The van der Waals surface area contributed by atoms with Crippen molar-refractivity contribution in [2.24, 2.45) is 0 Å². The second-order valence-electron chi connectivity index (χ2n) is 6.60. The molecule has 1 amide bonds. The van der Waals surface area contributed by atoms with Gasteiger partial charge in [-0.1, -0.05) is 29.3 Å². The molecular weight excluding hydrogens is 440 g/mol. The zero-order valence-corrected chi connectivity index (χ0v) is 17.8. The molecule has 0 aromatic heterocycles. The van der Waals surface area contributed by atoms with Gasteiger partial charge in [0.25, 0.3) is 0 Å². The summed E-state index contributed by atoms with van der Waals surface area (Å²) in [5, 5.41) is 2.90. The molecule has 1 heterocycles. The van der Waals surface area contributed by atoms with E-state index in [1.165, 1.54) is 40.7 Å². The predicted molar refractivity (Wildman–Crippen MR) is 111 cm³/mol. The van der Waals surface area contributed by atoms with Gasteiger partial charge in [-0.2, -0.15) is 4.31 Å². The highest BCUT2D eigenvalue weighted by atomic mass is 35.5. The van der Waals surface area contributed by atoms with Crippen LogP contribution in [0.1, 0.15) is 6.42 Å². The molecule has 0 bridgehead atoms. The Bertz CT molecular complexity index is 958. The minimum Gasteiger partial charge on any atom is -0.326 e. The second-order valence-corrected chi connectivity index (χ2v) is 9.29. The molecule has 6 nitrogen and oxygen atoms in total. The molecule has 2 aromatic carbocycles. The Hall–Kier alpha value is -1.71. The SMILES string of the molecule is O=C(CCN1CCN(S(=O)(=O)c2c(Cl)cccc2Cl)CC1)Nc1ccc(F)cc1. The third kappa shape index (κ3) is 5.46. The highest BCUT2D eigenvalue weighted by Crippen LogP contribution is 2.31. The zero-order valence-electron chi connectivity index (χ0n) is 15.4. The summed E-state index contributed by atoms with van der Waals surface area (Å²) < 4.78 is 40.0. The first-order valence-corrected chi connectivity index (χ1v) is 11.2. The van der Waals surface area contributed by atoms with Gasteiger partial charge in [-0.3, -0.25) is 4.79 Å². The molecular formula is C19H20Cl2FN3O3S. The number of halogens is 3. The van der Waals surface area contributed by atoms with Crippen LogP contribution < -0.4 is 5.32 Å².